The fraction of sp³-hybridized carbons (Fsp3) is 0.692. The number of likely N-dealkylation sites (N-methyl/N-ethyl adjacent to an activating group) is 1. The van der Waals surface area contributed by atoms with Crippen LogP contribution in [0.5, 0.6) is 0 Å². The molecule has 1 rings (SSSR count). The number of aliphatic hydroxyl groups is 1. The van der Waals surface area contributed by atoms with E-state index in [1.165, 1.54) is 6.07 Å². The van der Waals surface area contributed by atoms with Crippen molar-refractivity contribution in [2.75, 3.05) is 20.6 Å². The van der Waals surface area contributed by atoms with Crippen LogP contribution in [0.15, 0.2) is 17.2 Å². The summed E-state index contributed by atoms with van der Waals surface area (Å²) in [7, 11) is 0.259. The lowest BCUT2D eigenvalue weighted by molar-refractivity contribution is 0.199. The predicted octanol–water partition coefficient (Wildman–Crippen LogP) is 0.619. The molecule has 0 aromatic carbocycles. The van der Waals surface area contributed by atoms with Crippen LogP contribution in [0, 0.1) is 0 Å². The molecule has 0 saturated heterocycles. The van der Waals surface area contributed by atoms with Crippen molar-refractivity contribution < 1.29 is 13.5 Å². The van der Waals surface area contributed by atoms with E-state index in [0.717, 1.165) is 0 Å². The Morgan fingerprint density at radius 1 is 1.40 bits per heavy atom. The molecular formula is C13H25N3O3S. The number of aliphatic hydroxyl groups excluding tert-OH is 1. The highest BCUT2D eigenvalue weighted by molar-refractivity contribution is 7.89. The van der Waals surface area contributed by atoms with Gasteiger partial charge in [-0.3, -0.25) is 0 Å². The third-order valence-electron chi connectivity index (χ3n) is 3.68. The van der Waals surface area contributed by atoms with Gasteiger partial charge in [0.2, 0.25) is 10.0 Å². The smallest absolute Gasteiger partial charge is 0.242 e. The van der Waals surface area contributed by atoms with Gasteiger partial charge in [-0.25, -0.2) is 13.1 Å². The summed E-state index contributed by atoms with van der Waals surface area (Å²) in [6.07, 6.45) is 1.55. The zero-order valence-corrected chi connectivity index (χ0v) is 13.7. The highest BCUT2D eigenvalue weighted by Crippen LogP contribution is 2.16. The Morgan fingerprint density at radius 3 is 2.40 bits per heavy atom. The van der Waals surface area contributed by atoms with Crippen LogP contribution >= 0.6 is 0 Å². The maximum absolute atomic E-state index is 12.3. The number of hydrogen-bond acceptors (Lipinski definition) is 4. The van der Waals surface area contributed by atoms with Crippen LogP contribution in [0.1, 0.15) is 26.5 Å². The maximum Gasteiger partial charge on any atom is 0.242 e. The summed E-state index contributed by atoms with van der Waals surface area (Å²) in [5.74, 6) is 0. The van der Waals surface area contributed by atoms with Crippen molar-refractivity contribution in [3.8, 4) is 0 Å². The Balaban J connectivity index is 2.92. The molecule has 1 heterocycles. The molecule has 0 unspecified atom stereocenters. The second-order valence-corrected chi connectivity index (χ2v) is 7.41. The van der Waals surface area contributed by atoms with Crippen LogP contribution in [0.25, 0.3) is 0 Å². The molecule has 0 spiro atoms. The van der Waals surface area contributed by atoms with Gasteiger partial charge >= 0.3 is 0 Å². The molecule has 0 amide bonds. The number of aryl methyl sites for hydroxylation is 1. The number of hydrogen-bond donors (Lipinski definition) is 2. The second kappa shape index (κ2) is 6.26. The average molecular weight is 303 g/mol. The summed E-state index contributed by atoms with van der Waals surface area (Å²) in [6, 6.07) is 1.51. The molecule has 2 N–H and O–H groups in total. The molecule has 7 heteroatoms. The van der Waals surface area contributed by atoms with Crippen LogP contribution in [0.2, 0.25) is 0 Å². The van der Waals surface area contributed by atoms with Gasteiger partial charge in [0.05, 0.1) is 11.5 Å². The third-order valence-corrected chi connectivity index (χ3v) is 5.05. The van der Waals surface area contributed by atoms with Crippen molar-refractivity contribution >= 4 is 10.0 Å². The van der Waals surface area contributed by atoms with Crippen molar-refractivity contribution in [1.82, 2.24) is 14.2 Å². The van der Waals surface area contributed by atoms with Crippen LogP contribution in [0.4, 0.5) is 0 Å². The Labute approximate surface area is 121 Å². The summed E-state index contributed by atoms with van der Waals surface area (Å²) in [5, 5.41) is 9.22. The lowest BCUT2D eigenvalue weighted by Gasteiger charge is -2.32. The fourth-order valence-corrected chi connectivity index (χ4v) is 2.88. The molecule has 20 heavy (non-hydrogen) atoms. The number of nitrogens with one attached hydrogen (secondary N) is 1. The fourth-order valence-electron chi connectivity index (χ4n) is 1.61. The van der Waals surface area contributed by atoms with E-state index >= 15 is 0 Å². The van der Waals surface area contributed by atoms with Gasteiger partial charge in [0, 0.05) is 30.5 Å². The van der Waals surface area contributed by atoms with E-state index in [9.17, 15) is 13.5 Å². The van der Waals surface area contributed by atoms with E-state index in [-0.39, 0.29) is 17.0 Å². The maximum atomic E-state index is 12.3. The van der Waals surface area contributed by atoms with Gasteiger partial charge in [0.1, 0.15) is 0 Å². The van der Waals surface area contributed by atoms with Gasteiger partial charge in [0.25, 0.3) is 0 Å². The number of aromatic nitrogens is 1. The highest BCUT2D eigenvalue weighted by atomic mass is 32.2. The summed E-state index contributed by atoms with van der Waals surface area (Å²) >= 11 is 0. The van der Waals surface area contributed by atoms with Crippen molar-refractivity contribution in [3.63, 3.8) is 0 Å². The van der Waals surface area contributed by atoms with Crippen LogP contribution in [-0.2, 0) is 23.2 Å². The zero-order chi connectivity index (χ0) is 15.6. The molecule has 116 valence electrons. The van der Waals surface area contributed by atoms with Gasteiger partial charge in [-0.15, -0.1) is 0 Å². The Kier molecular flexibility index (Phi) is 5.37. The quantitative estimate of drug-likeness (QED) is 0.774. The minimum absolute atomic E-state index is 0.174. The minimum Gasteiger partial charge on any atom is -0.390 e. The van der Waals surface area contributed by atoms with Crippen LogP contribution in [-0.4, -0.2) is 49.2 Å². The Morgan fingerprint density at radius 2 is 2.00 bits per heavy atom. The first-order valence-electron chi connectivity index (χ1n) is 6.61. The van der Waals surface area contributed by atoms with Crippen LogP contribution in [0.3, 0.4) is 0 Å². The first kappa shape index (κ1) is 17.2. The molecule has 0 atom stereocenters. The lowest BCUT2D eigenvalue weighted by atomic mass is 10.1. The van der Waals surface area contributed by atoms with Crippen molar-refractivity contribution in [2.24, 2.45) is 0 Å². The number of rotatable bonds is 7. The van der Waals surface area contributed by atoms with E-state index < -0.39 is 10.0 Å². The SMILES string of the molecule is CCn1cc(S(=O)(=O)NCC(C)(C)N(C)C)cc1CO. The van der Waals surface area contributed by atoms with Gasteiger partial charge < -0.3 is 14.6 Å². The van der Waals surface area contributed by atoms with E-state index in [1.54, 1.807) is 10.8 Å². The van der Waals surface area contributed by atoms with Crippen molar-refractivity contribution in [1.29, 1.82) is 0 Å². The van der Waals surface area contributed by atoms with E-state index in [2.05, 4.69) is 4.72 Å². The molecule has 0 aliphatic carbocycles. The van der Waals surface area contributed by atoms with Crippen LogP contribution < -0.4 is 4.72 Å². The molecular weight excluding hydrogens is 278 g/mol. The van der Waals surface area contributed by atoms with Gasteiger partial charge in [-0.2, -0.15) is 0 Å². The summed E-state index contributed by atoms with van der Waals surface area (Å²) in [4.78, 5) is 2.16. The number of sulfonamides is 1. The van der Waals surface area contributed by atoms with Gasteiger partial charge in [0.15, 0.2) is 0 Å². The zero-order valence-electron chi connectivity index (χ0n) is 12.8. The molecule has 0 fully saturated rings. The van der Waals surface area contributed by atoms with Crippen molar-refractivity contribution in [3.05, 3.63) is 18.0 Å². The molecule has 1 aromatic rings. The van der Waals surface area contributed by atoms with Crippen molar-refractivity contribution in [2.45, 2.75) is 44.4 Å². The molecule has 0 radical (unpaired) electrons. The molecule has 1 aromatic heterocycles. The lowest BCUT2D eigenvalue weighted by Crippen LogP contribution is -2.48. The molecule has 0 aliphatic rings. The number of nitrogens with zero attached hydrogens (tertiary/aromatic N) is 2. The molecule has 0 saturated carbocycles. The summed E-state index contributed by atoms with van der Waals surface area (Å²) < 4.78 is 28.9. The topological polar surface area (TPSA) is 74.6 Å². The summed E-state index contributed by atoms with van der Waals surface area (Å²) in [5.41, 5.74) is 0.319. The van der Waals surface area contributed by atoms with E-state index in [0.29, 0.717) is 18.8 Å². The van der Waals surface area contributed by atoms with Gasteiger partial charge in [-0.05, 0) is 40.9 Å². The largest absolute Gasteiger partial charge is 0.390 e. The first-order chi connectivity index (χ1) is 9.14. The monoisotopic (exact) mass is 303 g/mol. The Bertz CT molecular complexity index is 526. The molecule has 6 nitrogen and oxygen atoms in total. The standard InChI is InChI=1S/C13H25N3O3S/c1-6-16-8-12(7-11(16)9-17)20(18,19)14-10-13(2,3)15(4)5/h7-8,14,17H,6,9-10H2,1-5H3. The third kappa shape index (κ3) is 3.82. The van der Waals surface area contributed by atoms with E-state index in [4.69, 9.17) is 0 Å². The highest BCUT2D eigenvalue weighted by Gasteiger charge is 2.25. The first-order valence-corrected chi connectivity index (χ1v) is 8.09. The molecule has 0 aliphatic heterocycles. The Hall–Kier alpha value is -0.890. The normalized spacial score (nSPS) is 13.2. The predicted molar refractivity (Wildman–Crippen MR) is 79.0 cm³/mol. The average Bonchev–Trinajstić information content (AvgIpc) is 2.80. The summed E-state index contributed by atoms with van der Waals surface area (Å²) in [6.45, 7) is 6.59. The minimum atomic E-state index is -3.56. The van der Waals surface area contributed by atoms with E-state index in [1.807, 2.05) is 39.8 Å². The second-order valence-electron chi connectivity index (χ2n) is 5.64. The molecule has 0 bridgehead atoms. The van der Waals surface area contributed by atoms with Gasteiger partial charge in [-0.1, -0.05) is 0 Å².